The predicted molar refractivity (Wildman–Crippen MR) is 82.1 cm³/mol. The quantitative estimate of drug-likeness (QED) is 0.808. The first-order valence-electron chi connectivity index (χ1n) is 7.03. The summed E-state index contributed by atoms with van der Waals surface area (Å²) in [7, 11) is 0. The van der Waals surface area contributed by atoms with Crippen LogP contribution in [-0.4, -0.2) is 24.5 Å². The van der Waals surface area contributed by atoms with Crippen LogP contribution in [0.15, 0.2) is 24.3 Å². The Morgan fingerprint density at radius 3 is 2.23 bits per heavy atom. The van der Waals surface area contributed by atoms with Gasteiger partial charge in [0.25, 0.3) is 5.91 Å². The summed E-state index contributed by atoms with van der Waals surface area (Å²) in [6.07, 6.45) is 0.694. The molecule has 6 nitrogen and oxygen atoms in total. The molecule has 1 rings (SSSR count). The Morgan fingerprint density at radius 1 is 1.14 bits per heavy atom. The third-order valence-electron chi connectivity index (χ3n) is 3.06. The van der Waals surface area contributed by atoms with Crippen molar-refractivity contribution in [2.75, 3.05) is 6.61 Å². The van der Waals surface area contributed by atoms with Gasteiger partial charge in [0.2, 0.25) is 0 Å². The van der Waals surface area contributed by atoms with Crippen LogP contribution in [0.25, 0.3) is 0 Å². The van der Waals surface area contributed by atoms with Gasteiger partial charge in [-0.25, -0.2) is 4.79 Å². The normalized spacial score (nSPS) is 10.9. The van der Waals surface area contributed by atoms with Crippen molar-refractivity contribution >= 4 is 17.9 Å². The van der Waals surface area contributed by atoms with E-state index in [0.717, 1.165) is 5.56 Å². The van der Waals surface area contributed by atoms with Gasteiger partial charge >= 0.3 is 12.0 Å². The van der Waals surface area contributed by atoms with Gasteiger partial charge in [0.1, 0.15) is 0 Å². The van der Waals surface area contributed by atoms with Crippen LogP contribution >= 0.6 is 0 Å². The molecule has 0 aliphatic rings. The van der Waals surface area contributed by atoms with Crippen LogP contribution in [0.1, 0.15) is 38.3 Å². The van der Waals surface area contributed by atoms with E-state index in [1.54, 1.807) is 0 Å². The maximum Gasteiger partial charge on any atom is 0.318 e. The highest BCUT2D eigenvalue weighted by atomic mass is 16.5. The molecule has 0 aromatic heterocycles. The summed E-state index contributed by atoms with van der Waals surface area (Å²) in [5.41, 5.74) is 7.10. The summed E-state index contributed by atoms with van der Waals surface area (Å²) in [6, 6.07) is 7.07. The third-order valence-corrected chi connectivity index (χ3v) is 3.06. The second kappa shape index (κ2) is 7.59. The minimum absolute atomic E-state index is 0.0885. The monoisotopic (exact) mass is 306 g/mol. The van der Waals surface area contributed by atoms with E-state index in [-0.39, 0.29) is 11.8 Å². The molecule has 0 spiro atoms. The lowest BCUT2D eigenvalue weighted by molar-refractivity contribution is -0.148. The molecular formula is C16H22N2O4. The molecular weight excluding hydrogens is 284 g/mol. The number of rotatable bonds is 5. The number of hydrogen-bond acceptors (Lipinski definition) is 4. The standard InChI is InChI=1S/C16H22N2O4/c1-16(2,3)12-7-4-11(5-8-12)6-9-14(20)22-10-13(19)18-15(17)21/h4-5,7-8H,6,9-10H2,1-3H3,(H3,17,18,19,21). The summed E-state index contributed by atoms with van der Waals surface area (Å²) >= 11 is 0. The van der Waals surface area contributed by atoms with Crippen molar-refractivity contribution in [3.05, 3.63) is 35.4 Å². The van der Waals surface area contributed by atoms with E-state index >= 15 is 0 Å². The Kier molecular flexibility index (Phi) is 6.10. The van der Waals surface area contributed by atoms with Crippen molar-refractivity contribution in [3.63, 3.8) is 0 Å². The summed E-state index contributed by atoms with van der Waals surface area (Å²) in [4.78, 5) is 33.0. The van der Waals surface area contributed by atoms with Crippen LogP contribution in [-0.2, 0) is 26.2 Å². The smallest absolute Gasteiger partial charge is 0.318 e. The minimum Gasteiger partial charge on any atom is -0.456 e. The molecule has 1 aromatic carbocycles. The van der Waals surface area contributed by atoms with Crippen molar-refractivity contribution in [3.8, 4) is 0 Å². The Bertz CT molecular complexity index is 544. The molecule has 0 aliphatic carbocycles. The van der Waals surface area contributed by atoms with Crippen LogP contribution in [0.2, 0.25) is 0 Å². The van der Waals surface area contributed by atoms with Crippen molar-refractivity contribution in [1.29, 1.82) is 0 Å². The molecule has 0 bridgehead atoms. The zero-order valence-electron chi connectivity index (χ0n) is 13.1. The van der Waals surface area contributed by atoms with Gasteiger partial charge in [-0.1, -0.05) is 45.0 Å². The van der Waals surface area contributed by atoms with Gasteiger partial charge in [-0.2, -0.15) is 0 Å². The molecule has 0 fully saturated rings. The first kappa shape index (κ1) is 17.7. The number of ether oxygens (including phenoxy) is 1. The number of carbonyl (C=O) groups excluding carboxylic acids is 3. The summed E-state index contributed by atoms with van der Waals surface area (Å²) < 4.78 is 4.75. The molecule has 6 heteroatoms. The van der Waals surface area contributed by atoms with Gasteiger partial charge < -0.3 is 10.5 Å². The van der Waals surface area contributed by atoms with Crippen molar-refractivity contribution < 1.29 is 19.1 Å². The third kappa shape index (κ3) is 6.39. The fraction of sp³-hybridized carbons (Fsp3) is 0.438. The van der Waals surface area contributed by atoms with Gasteiger partial charge in [0.05, 0.1) is 0 Å². The minimum atomic E-state index is -0.972. The molecule has 0 saturated heterocycles. The maximum atomic E-state index is 11.5. The first-order chi connectivity index (χ1) is 10.2. The number of benzene rings is 1. The second-order valence-corrected chi connectivity index (χ2v) is 6.02. The van der Waals surface area contributed by atoms with E-state index in [0.29, 0.717) is 6.42 Å². The second-order valence-electron chi connectivity index (χ2n) is 6.02. The van der Waals surface area contributed by atoms with Crippen LogP contribution in [0.3, 0.4) is 0 Å². The summed E-state index contributed by atoms with van der Waals surface area (Å²) in [5, 5.41) is 1.81. The molecule has 0 unspecified atom stereocenters. The van der Waals surface area contributed by atoms with Gasteiger partial charge in [-0.05, 0) is 23.0 Å². The summed E-state index contributed by atoms with van der Waals surface area (Å²) in [6.45, 7) is 5.90. The predicted octanol–water partition coefficient (Wildman–Crippen LogP) is 1.65. The van der Waals surface area contributed by atoms with Crippen LogP contribution < -0.4 is 11.1 Å². The van der Waals surface area contributed by atoms with E-state index in [1.165, 1.54) is 5.56 Å². The van der Waals surface area contributed by atoms with E-state index in [2.05, 4.69) is 20.8 Å². The number of nitrogens with one attached hydrogen (secondary N) is 1. The lowest BCUT2D eigenvalue weighted by atomic mass is 9.86. The summed E-state index contributed by atoms with van der Waals surface area (Å²) in [5.74, 6) is -1.24. The Labute approximate surface area is 130 Å². The number of carbonyl (C=O) groups is 3. The Balaban J connectivity index is 2.38. The van der Waals surface area contributed by atoms with Gasteiger partial charge in [-0.15, -0.1) is 0 Å². The maximum absolute atomic E-state index is 11.5. The molecule has 0 aliphatic heterocycles. The number of amides is 3. The average Bonchev–Trinajstić information content (AvgIpc) is 2.41. The van der Waals surface area contributed by atoms with Crippen molar-refractivity contribution in [2.45, 2.75) is 39.0 Å². The molecule has 0 heterocycles. The van der Waals surface area contributed by atoms with E-state index in [9.17, 15) is 14.4 Å². The molecule has 22 heavy (non-hydrogen) atoms. The Morgan fingerprint density at radius 2 is 1.73 bits per heavy atom. The van der Waals surface area contributed by atoms with Gasteiger partial charge in [0, 0.05) is 6.42 Å². The van der Waals surface area contributed by atoms with Crippen LogP contribution in [0, 0.1) is 0 Å². The van der Waals surface area contributed by atoms with E-state index in [4.69, 9.17) is 10.5 Å². The molecule has 120 valence electrons. The van der Waals surface area contributed by atoms with E-state index in [1.807, 2.05) is 29.6 Å². The molecule has 0 atom stereocenters. The molecule has 3 N–H and O–H groups in total. The van der Waals surface area contributed by atoms with Crippen LogP contribution in [0.5, 0.6) is 0 Å². The number of nitrogens with two attached hydrogens (primary N) is 1. The number of primary amides is 1. The number of esters is 1. The zero-order chi connectivity index (χ0) is 16.8. The van der Waals surface area contributed by atoms with Crippen molar-refractivity contribution in [2.24, 2.45) is 5.73 Å². The van der Waals surface area contributed by atoms with Crippen molar-refractivity contribution in [1.82, 2.24) is 5.32 Å². The van der Waals surface area contributed by atoms with Gasteiger partial charge in [0.15, 0.2) is 6.61 Å². The number of aryl methyl sites for hydroxylation is 1. The number of hydrogen-bond donors (Lipinski definition) is 2. The SMILES string of the molecule is CC(C)(C)c1ccc(CCC(=O)OCC(=O)NC(N)=O)cc1. The fourth-order valence-corrected chi connectivity index (χ4v) is 1.81. The molecule has 0 saturated carbocycles. The highest BCUT2D eigenvalue weighted by molar-refractivity contribution is 5.94. The lowest BCUT2D eigenvalue weighted by Gasteiger charge is -2.19. The molecule has 0 radical (unpaired) electrons. The molecule has 3 amide bonds. The lowest BCUT2D eigenvalue weighted by Crippen LogP contribution is -2.37. The fourth-order valence-electron chi connectivity index (χ4n) is 1.81. The van der Waals surface area contributed by atoms with E-state index < -0.39 is 24.5 Å². The zero-order valence-corrected chi connectivity index (χ0v) is 13.1. The van der Waals surface area contributed by atoms with Crippen LogP contribution in [0.4, 0.5) is 4.79 Å². The number of imide groups is 1. The molecule has 1 aromatic rings. The topological polar surface area (TPSA) is 98.5 Å². The first-order valence-corrected chi connectivity index (χ1v) is 7.03. The average molecular weight is 306 g/mol. The highest BCUT2D eigenvalue weighted by Gasteiger charge is 2.13. The number of urea groups is 1. The largest absolute Gasteiger partial charge is 0.456 e. The Hall–Kier alpha value is -2.37. The van der Waals surface area contributed by atoms with Gasteiger partial charge in [-0.3, -0.25) is 14.9 Å². The highest BCUT2D eigenvalue weighted by Crippen LogP contribution is 2.22.